The maximum atomic E-state index is 12.7. The van der Waals surface area contributed by atoms with Crippen molar-refractivity contribution in [2.75, 3.05) is 5.75 Å². The Morgan fingerprint density at radius 2 is 1.36 bits per heavy atom. The predicted molar refractivity (Wildman–Crippen MR) is 94.8 cm³/mol. The Morgan fingerprint density at radius 1 is 0.773 bits per heavy atom. The van der Waals surface area contributed by atoms with E-state index in [-0.39, 0.29) is 5.75 Å². The fourth-order valence-corrected chi connectivity index (χ4v) is 7.41. The largest absolute Gasteiger partial charge is 0.229 e. The Bertz CT molecular complexity index is 494. The minimum Gasteiger partial charge on any atom is -0.229 e. The molecular formula is C16H34O4S2. The van der Waals surface area contributed by atoms with Gasteiger partial charge in [0, 0.05) is 0 Å². The van der Waals surface area contributed by atoms with Crippen molar-refractivity contribution < 1.29 is 16.8 Å². The minimum atomic E-state index is -3.41. The van der Waals surface area contributed by atoms with Gasteiger partial charge in [-0.25, -0.2) is 16.8 Å². The number of rotatable bonds is 12. The summed E-state index contributed by atoms with van der Waals surface area (Å²) >= 11 is 0. The number of hydrogen-bond donors (Lipinski definition) is 0. The third-order valence-electron chi connectivity index (χ3n) is 4.56. The molecule has 134 valence electrons. The molecule has 22 heavy (non-hydrogen) atoms. The van der Waals surface area contributed by atoms with Crippen LogP contribution in [0, 0.1) is 0 Å². The van der Waals surface area contributed by atoms with Gasteiger partial charge in [-0.2, -0.15) is 0 Å². The summed E-state index contributed by atoms with van der Waals surface area (Å²) in [4.78, 5) is 0. The third kappa shape index (κ3) is 6.19. The molecule has 4 nitrogen and oxygen atoms in total. The molecule has 0 aromatic heterocycles. The van der Waals surface area contributed by atoms with Crippen molar-refractivity contribution in [2.24, 2.45) is 0 Å². The van der Waals surface area contributed by atoms with Gasteiger partial charge < -0.3 is 0 Å². The van der Waals surface area contributed by atoms with Gasteiger partial charge >= 0.3 is 0 Å². The van der Waals surface area contributed by atoms with Crippen LogP contribution in [0.25, 0.3) is 0 Å². The molecule has 0 bridgehead atoms. The van der Waals surface area contributed by atoms with E-state index >= 15 is 0 Å². The molecule has 0 aromatic carbocycles. The summed E-state index contributed by atoms with van der Waals surface area (Å²) in [5.74, 6) is 0.0958. The molecule has 0 amide bonds. The fraction of sp³-hybridized carbons (Fsp3) is 1.00. The highest BCUT2D eigenvalue weighted by atomic mass is 32.2. The monoisotopic (exact) mass is 354 g/mol. The fourth-order valence-electron chi connectivity index (χ4n) is 2.70. The molecule has 0 radical (unpaired) electrons. The van der Waals surface area contributed by atoms with Crippen LogP contribution in [0.4, 0.5) is 0 Å². The van der Waals surface area contributed by atoms with Gasteiger partial charge in [-0.1, -0.05) is 46.5 Å². The number of hydrogen-bond acceptors (Lipinski definition) is 4. The first kappa shape index (κ1) is 21.9. The van der Waals surface area contributed by atoms with E-state index in [1.54, 1.807) is 13.8 Å². The topological polar surface area (TPSA) is 68.3 Å². The van der Waals surface area contributed by atoms with Crippen molar-refractivity contribution in [3.8, 4) is 0 Å². The highest BCUT2D eigenvalue weighted by Crippen LogP contribution is 2.23. The second kappa shape index (κ2) is 9.91. The van der Waals surface area contributed by atoms with E-state index in [1.807, 2.05) is 13.8 Å². The lowest BCUT2D eigenvalue weighted by Gasteiger charge is -2.25. The van der Waals surface area contributed by atoms with E-state index in [1.165, 1.54) is 0 Å². The van der Waals surface area contributed by atoms with Crippen LogP contribution in [-0.4, -0.2) is 38.3 Å². The molecule has 0 fully saturated rings. The summed E-state index contributed by atoms with van der Waals surface area (Å²) in [6.07, 6.45) is 5.52. The van der Waals surface area contributed by atoms with Crippen LogP contribution in [0.3, 0.4) is 0 Å². The van der Waals surface area contributed by atoms with E-state index in [0.29, 0.717) is 19.3 Å². The highest BCUT2D eigenvalue weighted by molar-refractivity contribution is 7.96. The summed E-state index contributed by atoms with van der Waals surface area (Å²) in [5.41, 5.74) is 0. The van der Waals surface area contributed by atoms with Crippen molar-refractivity contribution in [3.63, 3.8) is 0 Å². The van der Waals surface area contributed by atoms with Crippen molar-refractivity contribution in [2.45, 2.75) is 95.3 Å². The van der Waals surface area contributed by atoms with E-state index in [0.717, 1.165) is 25.7 Å². The summed E-state index contributed by atoms with van der Waals surface area (Å²) in [6, 6.07) is 0. The lowest BCUT2D eigenvalue weighted by molar-refractivity contribution is 0.540. The SMILES string of the molecule is CCCCCCS(=O)(=O)C(C)C(C)S(=O)(=O)C(CC)CCC. The van der Waals surface area contributed by atoms with E-state index < -0.39 is 35.4 Å². The van der Waals surface area contributed by atoms with Crippen LogP contribution in [0.5, 0.6) is 0 Å². The molecule has 0 saturated carbocycles. The van der Waals surface area contributed by atoms with Gasteiger partial charge in [0.2, 0.25) is 0 Å². The molecular weight excluding hydrogens is 320 g/mol. The van der Waals surface area contributed by atoms with Gasteiger partial charge in [0.1, 0.15) is 0 Å². The molecule has 0 heterocycles. The summed E-state index contributed by atoms with van der Waals surface area (Å²) in [5, 5.41) is -2.09. The zero-order valence-electron chi connectivity index (χ0n) is 14.8. The first-order valence-electron chi connectivity index (χ1n) is 8.59. The van der Waals surface area contributed by atoms with Crippen LogP contribution in [0.1, 0.15) is 79.6 Å². The van der Waals surface area contributed by atoms with Crippen molar-refractivity contribution in [3.05, 3.63) is 0 Å². The van der Waals surface area contributed by atoms with Gasteiger partial charge in [0.05, 0.1) is 21.5 Å². The average Bonchev–Trinajstić information content (AvgIpc) is 2.47. The Balaban J connectivity index is 4.98. The molecule has 0 aliphatic carbocycles. The molecule has 0 aliphatic heterocycles. The second-order valence-electron chi connectivity index (χ2n) is 6.25. The van der Waals surface area contributed by atoms with E-state index in [2.05, 4.69) is 6.92 Å². The third-order valence-corrected chi connectivity index (χ3v) is 10.1. The first-order valence-corrected chi connectivity index (χ1v) is 11.9. The molecule has 0 aliphatic rings. The second-order valence-corrected chi connectivity index (χ2v) is 11.3. The average molecular weight is 355 g/mol. The Hall–Kier alpha value is -0.100. The number of unbranched alkanes of at least 4 members (excludes halogenated alkanes) is 3. The van der Waals surface area contributed by atoms with E-state index in [9.17, 15) is 16.8 Å². The van der Waals surface area contributed by atoms with Crippen molar-refractivity contribution in [1.82, 2.24) is 0 Å². The molecule has 0 saturated heterocycles. The maximum Gasteiger partial charge on any atom is 0.156 e. The summed E-state index contributed by atoms with van der Waals surface area (Å²) in [7, 11) is -6.77. The summed E-state index contributed by atoms with van der Waals surface area (Å²) < 4.78 is 50.1. The lowest BCUT2D eigenvalue weighted by atomic mass is 10.2. The Labute approximate surface area is 137 Å². The van der Waals surface area contributed by atoms with Crippen molar-refractivity contribution in [1.29, 1.82) is 0 Å². The number of sulfone groups is 2. The van der Waals surface area contributed by atoms with E-state index in [4.69, 9.17) is 0 Å². The highest BCUT2D eigenvalue weighted by Gasteiger charge is 2.38. The Kier molecular flexibility index (Phi) is 9.86. The lowest BCUT2D eigenvalue weighted by Crippen LogP contribution is -2.41. The molecule has 6 heteroatoms. The molecule has 3 atom stereocenters. The van der Waals surface area contributed by atoms with Gasteiger partial charge in [-0.15, -0.1) is 0 Å². The molecule has 0 N–H and O–H groups in total. The van der Waals surface area contributed by atoms with Gasteiger partial charge in [-0.3, -0.25) is 0 Å². The van der Waals surface area contributed by atoms with Crippen LogP contribution >= 0.6 is 0 Å². The normalized spacial score (nSPS) is 17.1. The van der Waals surface area contributed by atoms with Gasteiger partial charge in [0.15, 0.2) is 19.7 Å². The predicted octanol–water partition coefficient (Wildman–Crippen LogP) is 3.75. The minimum absolute atomic E-state index is 0.0958. The quantitative estimate of drug-likeness (QED) is 0.501. The molecule has 0 spiro atoms. The molecule has 0 rings (SSSR count). The molecule has 3 unspecified atom stereocenters. The van der Waals surface area contributed by atoms with Crippen LogP contribution in [-0.2, 0) is 19.7 Å². The van der Waals surface area contributed by atoms with Crippen LogP contribution in [0.2, 0.25) is 0 Å². The zero-order chi connectivity index (χ0) is 17.4. The Morgan fingerprint density at radius 3 is 1.82 bits per heavy atom. The standard InChI is InChI=1S/C16H34O4S2/c1-6-9-10-11-13-21(17,18)14(4)15(5)22(19,20)16(8-3)12-7-2/h14-16H,6-13H2,1-5H3. The maximum absolute atomic E-state index is 12.7. The van der Waals surface area contributed by atoms with Crippen LogP contribution in [0.15, 0.2) is 0 Å². The smallest absolute Gasteiger partial charge is 0.156 e. The van der Waals surface area contributed by atoms with Crippen molar-refractivity contribution >= 4 is 19.7 Å². The van der Waals surface area contributed by atoms with Gasteiger partial charge in [-0.05, 0) is 33.1 Å². The first-order chi connectivity index (χ1) is 10.1. The summed E-state index contributed by atoms with van der Waals surface area (Å²) in [6.45, 7) is 8.99. The van der Waals surface area contributed by atoms with Gasteiger partial charge in [0.25, 0.3) is 0 Å². The zero-order valence-corrected chi connectivity index (χ0v) is 16.5. The molecule has 0 aromatic rings. The van der Waals surface area contributed by atoms with Crippen LogP contribution < -0.4 is 0 Å².